The SMILES string of the molecule is O=C(O)CCNS(=O)(=O)Cc1ccccc1C(F)(F)F. The highest BCUT2D eigenvalue weighted by atomic mass is 32.2. The molecule has 0 spiro atoms. The number of hydrogen-bond acceptors (Lipinski definition) is 3. The molecule has 0 bridgehead atoms. The third-order valence-electron chi connectivity index (χ3n) is 2.33. The average molecular weight is 311 g/mol. The Labute approximate surface area is 113 Å². The van der Waals surface area contributed by atoms with Gasteiger partial charge in [0, 0.05) is 6.54 Å². The van der Waals surface area contributed by atoms with Crippen LogP contribution in [0.1, 0.15) is 17.5 Å². The van der Waals surface area contributed by atoms with Crippen LogP contribution in [0.5, 0.6) is 0 Å². The van der Waals surface area contributed by atoms with Gasteiger partial charge in [-0.25, -0.2) is 13.1 Å². The van der Waals surface area contributed by atoms with Crippen LogP contribution < -0.4 is 4.72 Å². The van der Waals surface area contributed by atoms with Crippen LogP contribution >= 0.6 is 0 Å². The number of rotatable bonds is 6. The molecule has 20 heavy (non-hydrogen) atoms. The summed E-state index contributed by atoms with van der Waals surface area (Å²) in [5.41, 5.74) is -1.41. The van der Waals surface area contributed by atoms with Crippen LogP contribution in [-0.2, 0) is 26.7 Å². The molecule has 9 heteroatoms. The highest BCUT2D eigenvalue weighted by molar-refractivity contribution is 7.88. The molecular weight excluding hydrogens is 299 g/mol. The molecule has 1 aromatic carbocycles. The number of benzene rings is 1. The molecule has 0 aliphatic heterocycles. The lowest BCUT2D eigenvalue weighted by molar-refractivity contribution is -0.138. The number of carbonyl (C=O) groups is 1. The summed E-state index contributed by atoms with van der Waals surface area (Å²) >= 11 is 0. The van der Waals surface area contributed by atoms with Gasteiger partial charge >= 0.3 is 12.1 Å². The number of alkyl halides is 3. The van der Waals surface area contributed by atoms with Crippen LogP contribution in [0.4, 0.5) is 13.2 Å². The van der Waals surface area contributed by atoms with Gasteiger partial charge in [0.1, 0.15) is 0 Å². The zero-order valence-electron chi connectivity index (χ0n) is 10.1. The third kappa shape index (κ3) is 5.17. The molecule has 0 saturated carbocycles. The first-order valence-electron chi connectivity index (χ1n) is 5.46. The minimum absolute atomic E-state index is 0.369. The van der Waals surface area contributed by atoms with Crippen molar-refractivity contribution >= 4 is 16.0 Å². The third-order valence-corrected chi connectivity index (χ3v) is 3.66. The maximum Gasteiger partial charge on any atom is 0.416 e. The Morgan fingerprint density at radius 3 is 2.40 bits per heavy atom. The van der Waals surface area contributed by atoms with Crippen molar-refractivity contribution in [1.82, 2.24) is 4.72 Å². The highest BCUT2D eigenvalue weighted by Crippen LogP contribution is 2.32. The summed E-state index contributed by atoms with van der Waals surface area (Å²) in [7, 11) is -4.03. The van der Waals surface area contributed by atoms with Crippen molar-refractivity contribution in [2.45, 2.75) is 18.3 Å². The summed E-state index contributed by atoms with van der Waals surface area (Å²) < 4.78 is 63.2. The second-order valence-electron chi connectivity index (χ2n) is 3.95. The molecule has 0 fully saturated rings. The predicted octanol–water partition coefficient (Wildman–Crippen LogP) is 1.60. The number of carboxylic acids is 1. The standard InChI is InChI=1S/C11H12F3NO4S/c12-11(13,14)9-4-2-1-3-8(9)7-20(18,19)15-6-5-10(16)17/h1-4,15H,5-7H2,(H,16,17). The van der Waals surface area contributed by atoms with E-state index in [1.165, 1.54) is 6.07 Å². The minimum atomic E-state index is -4.65. The average Bonchev–Trinajstić information content (AvgIpc) is 2.26. The van der Waals surface area contributed by atoms with Gasteiger partial charge in [-0.05, 0) is 11.6 Å². The fraction of sp³-hybridized carbons (Fsp3) is 0.364. The lowest BCUT2D eigenvalue weighted by Gasteiger charge is -2.13. The molecule has 0 aromatic heterocycles. The van der Waals surface area contributed by atoms with Crippen molar-refractivity contribution in [3.8, 4) is 0 Å². The van der Waals surface area contributed by atoms with E-state index in [0.717, 1.165) is 18.2 Å². The Bertz CT molecular complexity index is 584. The van der Waals surface area contributed by atoms with Gasteiger partial charge in [0.05, 0.1) is 17.7 Å². The van der Waals surface area contributed by atoms with Crippen molar-refractivity contribution in [2.75, 3.05) is 6.54 Å². The summed E-state index contributed by atoms with van der Waals surface area (Å²) in [5.74, 6) is -2.06. The molecule has 0 atom stereocenters. The van der Waals surface area contributed by atoms with Crippen LogP contribution in [0, 0.1) is 0 Å². The highest BCUT2D eigenvalue weighted by Gasteiger charge is 2.33. The number of hydrogen-bond donors (Lipinski definition) is 2. The van der Waals surface area contributed by atoms with E-state index in [1.54, 1.807) is 0 Å². The Morgan fingerprint density at radius 1 is 1.25 bits per heavy atom. The molecule has 0 heterocycles. The van der Waals surface area contributed by atoms with Gasteiger partial charge in [-0.3, -0.25) is 4.79 Å². The van der Waals surface area contributed by atoms with Gasteiger partial charge in [0.2, 0.25) is 10.0 Å². The largest absolute Gasteiger partial charge is 0.481 e. The number of aliphatic carboxylic acids is 1. The molecule has 0 saturated heterocycles. The van der Waals surface area contributed by atoms with Crippen LogP contribution in [0.25, 0.3) is 0 Å². The van der Waals surface area contributed by atoms with Crippen LogP contribution in [-0.4, -0.2) is 26.0 Å². The van der Waals surface area contributed by atoms with Crippen LogP contribution in [0.15, 0.2) is 24.3 Å². The first kappa shape index (κ1) is 16.4. The molecule has 1 aromatic rings. The fourth-order valence-electron chi connectivity index (χ4n) is 1.49. The maximum atomic E-state index is 12.7. The monoisotopic (exact) mass is 311 g/mol. The van der Waals surface area contributed by atoms with Gasteiger partial charge in [0.25, 0.3) is 0 Å². The van der Waals surface area contributed by atoms with E-state index in [-0.39, 0.29) is 12.1 Å². The number of nitrogens with one attached hydrogen (secondary N) is 1. The first-order valence-corrected chi connectivity index (χ1v) is 7.11. The summed E-state index contributed by atoms with van der Waals surface area (Å²) in [5, 5.41) is 8.37. The second-order valence-corrected chi connectivity index (χ2v) is 5.76. The minimum Gasteiger partial charge on any atom is -0.481 e. The second kappa shape index (κ2) is 6.23. The number of sulfonamides is 1. The summed E-state index contributed by atoms with van der Waals surface area (Å²) in [4.78, 5) is 10.2. The van der Waals surface area contributed by atoms with Gasteiger partial charge < -0.3 is 5.11 Å². The molecule has 112 valence electrons. The molecule has 1 rings (SSSR count). The van der Waals surface area contributed by atoms with Gasteiger partial charge in [-0.15, -0.1) is 0 Å². The normalized spacial score (nSPS) is 12.3. The molecule has 0 amide bonds. The van der Waals surface area contributed by atoms with E-state index in [0.29, 0.717) is 0 Å². The Balaban J connectivity index is 2.85. The molecule has 2 N–H and O–H groups in total. The Morgan fingerprint density at radius 2 is 1.85 bits per heavy atom. The maximum absolute atomic E-state index is 12.7. The van der Waals surface area contributed by atoms with Crippen molar-refractivity contribution in [2.24, 2.45) is 0 Å². The van der Waals surface area contributed by atoms with Crippen molar-refractivity contribution in [3.63, 3.8) is 0 Å². The topological polar surface area (TPSA) is 83.5 Å². The zero-order chi connectivity index (χ0) is 15.4. The molecule has 0 aliphatic carbocycles. The fourth-order valence-corrected chi connectivity index (χ4v) is 2.67. The molecular formula is C11H12F3NO4S. The van der Waals surface area contributed by atoms with E-state index in [2.05, 4.69) is 0 Å². The Kier molecular flexibility index (Phi) is 5.12. The first-order chi connectivity index (χ1) is 9.12. The van der Waals surface area contributed by atoms with E-state index >= 15 is 0 Å². The lowest BCUT2D eigenvalue weighted by atomic mass is 10.1. The van der Waals surface area contributed by atoms with Crippen LogP contribution in [0.2, 0.25) is 0 Å². The summed E-state index contributed by atoms with van der Waals surface area (Å²) in [6, 6.07) is 4.33. The Hall–Kier alpha value is -1.61. The smallest absolute Gasteiger partial charge is 0.416 e. The van der Waals surface area contributed by atoms with Crippen molar-refractivity contribution in [1.29, 1.82) is 0 Å². The molecule has 0 unspecified atom stereocenters. The van der Waals surface area contributed by atoms with Crippen molar-refractivity contribution < 1.29 is 31.5 Å². The van der Waals surface area contributed by atoms with Gasteiger partial charge in [0.15, 0.2) is 0 Å². The van der Waals surface area contributed by atoms with E-state index in [1.807, 2.05) is 4.72 Å². The van der Waals surface area contributed by atoms with E-state index in [4.69, 9.17) is 5.11 Å². The van der Waals surface area contributed by atoms with E-state index in [9.17, 15) is 26.4 Å². The molecule has 5 nitrogen and oxygen atoms in total. The zero-order valence-corrected chi connectivity index (χ0v) is 11.0. The number of halogens is 3. The van der Waals surface area contributed by atoms with Crippen LogP contribution in [0.3, 0.4) is 0 Å². The summed E-state index contributed by atoms with van der Waals surface area (Å²) in [6.45, 7) is -0.369. The quantitative estimate of drug-likeness (QED) is 0.836. The molecule has 0 radical (unpaired) electrons. The van der Waals surface area contributed by atoms with Gasteiger partial charge in [-0.2, -0.15) is 13.2 Å². The van der Waals surface area contributed by atoms with Gasteiger partial charge in [-0.1, -0.05) is 18.2 Å². The lowest BCUT2D eigenvalue weighted by Crippen LogP contribution is -2.28. The number of carboxylic acid groups (broad SMARTS) is 1. The summed E-state index contributed by atoms with van der Waals surface area (Å²) in [6.07, 6.45) is -5.09. The predicted molar refractivity (Wildman–Crippen MR) is 64.3 cm³/mol. The van der Waals surface area contributed by atoms with Crippen molar-refractivity contribution in [3.05, 3.63) is 35.4 Å². The van der Waals surface area contributed by atoms with E-state index < -0.39 is 39.9 Å². The molecule has 0 aliphatic rings.